The van der Waals surface area contributed by atoms with Crippen LogP contribution in [0.1, 0.15) is 12.5 Å². The van der Waals surface area contributed by atoms with E-state index in [9.17, 15) is 4.79 Å². The Kier molecular flexibility index (Phi) is 3.72. The molecule has 0 aromatic heterocycles. The molecular formula is C12H17NO2. The molecule has 0 spiro atoms. The number of anilines is 1. The van der Waals surface area contributed by atoms with Crippen LogP contribution >= 0.6 is 0 Å². The topological polar surface area (TPSA) is 40.5 Å². The summed E-state index contributed by atoms with van der Waals surface area (Å²) in [5, 5.41) is 8.78. The molecule has 82 valence electrons. The van der Waals surface area contributed by atoms with Crippen LogP contribution in [0.4, 0.5) is 5.69 Å². The lowest BCUT2D eigenvalue weighted by Gasteiger charge is -2.13. The molecule has 1 N–H and O–H groups in total. The number of hydrogen-bond donors (Lipinski definition) is 1. The molecule has 1 aromatic carbocycles. The highest BCUT2D eigenvalue weighted by atomic mass is 16.4. The second-order valence-electron chi connectivity index (χ2n) is 4.00. The van der Waals surface area contributed by atoms with E-state index in [0.717, 1.165) is 11.3 Å². The highest BCUT2D eigenvalue weighted by Crippen LogP contribution is 2.15. The zero-order valence-corrected chi connectivity index (χ0v) is 9.40. The van der Waals surface area contributed by atoms with Crippen molar-refractivity contribution in [1.29, 1.82) is 0 Å². The Labute approximate surface area is 90.3 Å². The van der Waals surface area contributed by atoms with Gasteiger partial charge in [-0.25, -0.2) is 0 Å². The summed E-state index contributed by atoms with van der Waals surface area (Å²) in [6.45, 7) is 1.72. The van der Waals surface area contributed by atoms with Crippen LogP contribution < -0.4 is 4.90 Å². The van der Waals surface area contributed by atoms with Gasteiger partial charge in [-0.3, -0.25) is 4.79 Å². The first-order valence-electron chi connectivity index (χ1n) is 4.99. The number of rotatable bonds is 4. The summed E-state index contributed by atoms with van der Waals surface area (Å²) in [5.41, 5.74) is 2.19. The van der Waals surface area contributed by atoms with Gasteiger partial charge in [0.15, 0.2) is 0 Å². The third-order valence-electron chi connectivity index (χ3n) is 2.42. The van der Waals surface area contributed by atoms with Crippen molar-refractivity contribution in [2.75, 3.05) is 19.0 Å². The molecule has 1 aromatic rings. The Morgan fingerprint density at radius 1 is 1.33 bits per heavy atom. The molecule has 0 bridgehead atoms. The maximum Gasteiger partial charge on any atom is 0.306 e. The molecule has 1 rings (SSSR count). The smallest absolute Gasteiger partial charge is 0.306 e. The molecule has 0 unspecified atom stereocenters. The highest BCUT2D eigenvalue weighted by Gasteiger charge is 2.11. The number of carbonyl (C=O) groups is 1. The Bertz CT molecular complexity index is 330. The van der Waals surface area contributed by atoms with Crippen LogP contribution in [0.2, 0.25) is 0 Å². The van der Waals surface area contributed by atoms with E-state index in [2.05, 4.69) is 0 Å². The third-order valence-corrected chi connectivity index (χ3v) is 2.42. The van der Waals surface area contributed by atoms with Gasteiger partial charge in [-0.2, -0.15) is 0 Å². The number of hydrogen-bond acceptors (Lipinski definition) is 2. The fourth-order valence-corrected chi connectivity index (χ4v) is 1.37. The van der Waals surface area contributed by atoms with Crippen molar-refractivity contribution in [3.05, 3.63) is 29.8 Å². The second-order valence-corrected chi connectivity index (χ2v) is 4.00. The molecule has 0 aliphatic heterocycles. The van der Waals surface area contributed by atoms with Gasteiger partial charge in [-0.1, -0.05) is 19.1 Å². The summed E-state index contributed by atoms with van der Waals surface area (Å²) >= 11 is 0. The molecule has 0 radical (unpaired) electrons. The summed E-state index contributed by atoms with van der Waals surface area (Å²) in [7, 11) is 3.96. The van der Waals surface area contributed by atoms with Crippen molar-refractivity contribution in [2.24, 2.45) is 5.92 Å². The number of aliphatic carboxylic acids is 1. The summed E-state index contributed by atoms with van der Waals surface area (Å²) in [4.78, 5) is 12.7. The molecule has 3 heteroatoms. The Hall–Kier alpha value is -1.51. The molecule has 0 amide bonds. The van der Waals surface area contributed by atoms with E-state index in [0.29, 0.717) is 6.42 Å². The Morgan fingerprint density at radius 3 is 2.27 bits per heavy atom. The highest BCUT2D eigenvalue weighted by molar-refractivity contribution is 5.69. The van der Waals surface area contributed by atoms with Gasteiger partial charge < -0.3 is 10.0 Å². The summed E-state index contributed by atoms with van der Waals surface area (Å²) < 4.78 is 0. The average molecular weight is 207 g/mol. The van der Waals surface area contributed by atoms with Gasteiger partial charge in [0.05, 0.1) is 5.92 Å². The van der Waals surface area contributed by atoms with E-state index in [1.807, 2.05) is 43.3 Å². The molecule has 0 heterocycles. The van der Waals surface area contributed by atoms with E-state index in [1.54, 1.807) is 6.92 Å². The normalized spacial score (nSPS) is 12.2. The number of carboxylic acids is 1. The maximum atomic E-state index is 10.7. The van der Waals surface area contributed by atoms with Crippen LogP contribution in [0.3, 0.4) is 0 Å². The lowest BCUT2D eigenvalue weighted by molar-refractivity contribution is -0.141. The van der Waals surface area contributed by atoms with Gasteiger partial charge in [0.1, 0.15) is 0 Å². The lowest BCUT2D eigenvalue weighted by Crippen LogP contribution is -2.12. The molecule has 0 aliphatic carbocycles. The van der Waals surface area contributed by atoms with Crippen LogP contribution in [0.15, 0.2) is 24.3 Å². The van der Waals surface area contributed by atoms with Gasteiger partial charge in [0.2, 0.25) is 0 Å². The van der Waals surface area contributed by atoms with Crippen LogP contribution in [-0.2, 0) is 11.2 Å². The molecule has 0 fully saturated rings. The Morgan fingerprint density at radius 2 is 1.87 bits per heavy atom. The van der Waals surface area contributed by atoms with E-state index in [-0.39, 0.29) is 5.92 Å². The molecule has 1 atom stereocenters. The monoisotopic (exact) mass is 207 g/mol. The van der Waals surface area contributed by atoms with Gasteiger partial charge in [-0.15, -0.1) is 0 Å². The first-order chi connectivity index (χ1) is 7.00. The minimum absolute atomic E-state index is 0.324. The van der Waals surface area contributed by atoms with Gasteiger partial charge >= 0.3 is 5.97 Å². The minimum Gasteiger partial charge on any atom is -0.481 e. The third kappa shape index (κ3) is 3.27. The molecular weight excluding hydrogens is 190 g/mol. The lowest BCUT2D eigenvalue weighted by atomic mass is 10.0. The van der Waals surface area contributed by atoms with Crippen molar-refractivity contribution in [3.63, 3.8) is 0 Å². The van der Waals surface area contributed by atoms with E-state index < -0.39 is 5.97 Å². The zero-order valence-electron chi connectivity index (χ0n) is 9.40. The average Bonchev–Trinajstić information content (AvgIpc) is 2.18. The van der Waals surface area contributed by atoms with Crippen molar-refractivity contribution in [3.8, 4) is 0 Å². The first kappa shape index (κ1) is 11.6. The quantitative estimate of drug-likeness (QED) is 0.821. The van der Waals surface area contributed by atoms with E-state index in [4.69, 9.17) is 5.11 Å². The van der Waals surface area contributed by atoms with Gasteiger partial charge in [-0.05, 0) is 24.1 Å². The maximum absolute atomic E-state index is 10.7. The summed E-state index contributed by atoms with van der Waals surface area (Å²) in [5.74, 6) is -1.07. The predicted octanol–water partition coefficient (Wildman–Crippen LogP) is 2.02. The largest absolute Gasteiger partial charge is 0.481 e. The van der Waals surface area contributed by atoms with Gasteiger partial charge in [0.25, 0.3) is 0 Å². The van der Waals surface area contributed by atoms with Crippen molar-refractivity contribution >= 4 is 11.7 Å². The van der Waals surface area contributed by atoms with E-state index >= 15 is 0 Å². The SMILES string of the molecule is C[C@H](Cc1ccc(N(C)C)cc1)C(=O)O. The number of benzene rings is 1. The Balaban J connectivity index is 2.68. The van der Waals surface area contributed by atoms with Gasteiger partial charge in [0, 0.05) is 19.8 Å². The predicted molar refractivity (Wildman–Crippen MR) is 61.3 cm³/mol. The minimum atomic E-state index is -0.744. The summed E-state index contributed by atoms with van der Waals surface area (Å²) in [6, 6.07) is 7.97. The zero-order chi connectivity index (χ0) is 11.4. The van der Waals surface area contributed by atoms with Crippen molar-refractivity contribution < 1.29 is 9.90 Å². The number of nitrogens with zero attached hydrogens (tertiary/aromatic N) is 1. The second kappa shape index (κ2) is 4.82. The summed E-state index contributed by atoms with van der Waals surface area (Å²) in [6.07, 6.45) is 0.586. The molecule has 3 nitrogen and oxygen atoms in total. The van der Waals surface area contributed by atoms with Crippen LogP contribution in [0.5, 0.6) is 0 Å². The first-order valence-corrected chi connectivity index (χ1v) is 4.99. The fourth-order valence-electron chi connectivity index (χ4n) is 1.37. The standard InChI is InChI=1S/C12H17NO2/c1-9(12(14)15)8-10-4-6-11(7-5-10)13(2)3/h4-7,9H,8H2,1-3H3,(H,14,15)/t9-/m1/s1. The van der Waals surface area contributed by atoms with Crippen LogP contribution in [0.25, 0.3) is 0 Å². The molecule has 0 saturated carbocycles. The van der Waals surface area contributed by atoms with Crippen LogP contribution in [0, 0.1) is 5.92 Å². The fraction of sp³-hybridized carbons (Fsp3) is 0.417. The van der Waals surface area contributed by atoms with E-state index in [1.165, 1.54) is 0 Å². The van der Waals surface area contributed by atoms with Crippen molar-refractivity contribution in [1.82, 2.24) is 0 Å². The van der Waals surface area contributed by atoms with Crippen LogP contribution in [-0.4, -0.2) is 25.2 Å². The van der Waals surface area contributed by atoms with Crippen molar-refractivity contribution in [2.45, 2.75) is 13.3 Å². The molecule has 0 aliphatic rings. The number of carboxylic acid groups (broad SMARTS) is 1. The molecule has 15 heavy (non-hydrogen) atoms. The molecule has 0 saturated heterocycles.